The molecule has 2 aliphatic rings. The van der Waals surface area contributed by atoms with Crippen LogP contribution in [-0.2, 0) is 28.5 Å². The van der Waals surface area contributed by atoms with Crippen LogP contribution in [0.3, 0.4) is 0 Å². The van der Waals surface area contributed by atoms with Gasteiger partial charge in [0.1, 0.15) is 12.6 Å². The molecule has 1 unspecified atom stereocenters. The van der Waals surface area contributed by atoms with Gasteiger partial charge in [-0.1, -0.05) is 26.0 Å². The number of hydrogen-bond donors (Lipinski definition) is 3. The number of nitrogens with one attached hydrogen (secondary N) is 2. The molecule has 3 amide bonds. The Labute approximate surface area is 213 Å². The molecule has 0 aromatic heterocycles. The largest absolute Gasteiger partial charge is 0.449 e. The third-order valence-electron chi connectivity index (χ3n) is 6.38. The average Bonchev–Trinajstić information content (AvgIpc) is 3.47. The zero-order valence-corrected chi connectivity index (χ0v) is 21.6. The van der Waals surface area contributed by atoms with Gasteiger partial charge in [0.15, 0.2) is 0 Å². The Morgan fingerprint density at radius 2 is 1.39 bits per heavy atom. The second-order valence-corrected chi connectivity index (χ2v) is 9.38. The maximum absolute atomic E-state index is 11.8. The van der Waals surface area contributed by atoms with Gasteiger partial charge < -0.3 is 40.1 Å². The second-order valence-electron chi connectivity index (χ2n) is 9.38. The van der Waals surface area contributed by atoms with Gasteiger partial charge in [0, 0.05) is 6.54 Å². The van der Waals surface area contributed by atoms with Crippen LogP contribution in [0.15, 0.2) is 12.2 Å². The lowest BCUT2D eigenvalue weighted by atomic mass is 10.0. The number of nitrogens with two attached hydrogens (primary N) is 1. The summed E-state index contributed by atoms with van der Waals surface area (Å²) < 4.78 is 26.5. The molecule has 36 heavy (non-hydrogen) atoms. The Morgan fingerprint density at radius 3 is 1.94 bits per heavy atom. The van der Waals surface area contributed by atoms with Crippen molar-refractivity contribution in [1.29, 1.82) is 0 Å². The van der Waals surface area contributed by atoms with Crippen molar-refractivity contribution in [3.63, 3.8) is 0 Å². The van der Waals surface area contributed by atoms with E-state index in [-0.39, 0.29) is 19.1 Å². The summed E-state index contributed by atoms with van der Waals surface area (Å²) in [5.41, 5.74) is 5.23. The molecule has 0 spiro atoms. The third kappa shape index (κ3) is 12.0. The molecule has 11 heteroatoms. The molecule has 11 nitrogen and oxygen atoms in total. The molecule has 0 radical (unpaired) electrons. The molecule has 0 saturated heterocycles. The highest BCUT2D eigenvalue weighted by molar-refractivity contribution is 5.84. The first-order chi connectivity index (χ1) is 17.4. The number of carbonyl (C=O) groups excluding carboxylic acids is 3. The lowest BCUT2D eigenvalue weighted by Gasteiger charge is -2.18. The predicted octanol–water partition coefficient (Wildman–Crippen LogP) is 1.99. The van der Waals surface area contributed by atoms with E-state index < -0.39 is 24.1 Å². The molecule has 1 fully saturated rings. The lowest BCUT2D eigenvalue weighted by molar-refractivity contribution is -0.120. The minimum absolute atomic E-state index is 0.0489. The van der Waals surface area contributed by atoms with E-state index in [1.54, 1.807) is 13.8 Å². The zero-order chi connectivity index (χ0) is 26.2. The first kappa shape index (κ1) is 29.9. The van der Waals surface area contributed by atoms with Gasteiger partial charge in [0.2, 0.25) is 5.91 Å². The Kier molecular flexibility index (Phi) is 14.2. The van der Waals surface area contributed by atoms with Crippen LogP contribution in [0.25, 0.3) is 0 Å². The summed E-state index contributed by atoms with van der Waals surface area (Å²) in [6.45, 7) is 6.58. The van der Waals surface area contributed by atoms with Crippen LogP contribution in [0.2, 0.25) is 0 Å². The first-order valence-electron chi connectivity index (χ1n) is 12.9. The minimum Gasteiger partial charge on any atom is -0.449 e. The Bertz CT molecular complexity index is 687. The van der Waals surface area contributed by atoms with Crippen LogP contribution in [-0.4, -0.2) is 83.5 Å². The molecule has 0 heterocycles. The molecule has 206 valence electrons. The van der Waals surface area contributed by atoms with Crippen LogP contribution in [0.5, 0.6) is 0 Å². The van der Waals surface area contributed by atoms with Crippen LogP contribution in [0, 0.1) is 23.7 Å². The normalized spacial score (nSPS) is 21.6. The summed E-state index contributed by atoms with van der Waals surface area (Å²) in [5.74, 6) is 1.20. The van der Waals surface area contributed by atoms with Crippen molar-refractivity contribution in [3.8, 4) is 0 Å². The smallest absolute Gasteiger partial charge is 0.407 e. The highest BCUT2D eigenvalue weighted by atomic mass is 16.6. The molecular formula is C25H43N3O8. The Balaban J connectivity index is 1.32. The fourth-order valence-electron chi connectivity index (χ4n) is 4.36. The van der Waals surface area contributed by atoms with Crippen LogP contribution in [0.4, 0.5) is 9.59 Å². The molecule has 2 aliphatic carbocycles. The third-order valence-corrected chi connectivity index (χ3v) is 6.38. The topological polar surface area (TPSA) is 147 Å². The number of hydrogen-bond acceptors (Lipinski definition) is 8. The average molecular weight is 514 g/mol. The fraction of sp³-hybridized carbons (Fsp3) is 0.800. The number of alkyl carbamates (subject to hydrolysis) is 2. The molecule has 0 aromatic rings. The van der Waals surface area contributed by atoms with E-state index in [1.165, 1.54) is 12.8 Å². The van der Waals surface area contributed by atoms with Gasteiger partial charge in [-0.2, -0.15) is 0 Å². The molecule has 0 bridgehead atoms. The van der Waals surface area contributed by atoms with Crippen molar-refractivity contribution in [1.82, 2.24) is 10.6 Å². The molecule has 4 N–H and O–H groups in total. The molecule has 0 aromatic carbocycles. The van der Waals surface area contributed by atoms with E-state index in [4.69, 9.17) is 29.4 Å². The van der Waals surface area contributed by atoms with Crippen molar-refractivity contribution in [2.75, 3.05) is 59.4 Å². The molecule has 2 rings (SSSR count). The number of allylic oxidation sites excluding steroid dienone is 2. The minimum atomic E-state index is -0.775. The van der Waals surface area contributed by atoms with Gasteiger partial charge in [-0.25, -0.2) is 9.59 Å². The Morgan fingerprint density at radius 1 is 0.833 bits per heavy atom. The number of fused-ring (bicyclic) bond motifs is 1. The maximum Gasteiger partial charge on any atom is 0.407 e. The second kappa shape index (κ2) is 17.1. The number of carbonyl (C=O) groups is 3. The standard InChI is InChI=1S/C25H43N3O8/c1-18(2)22(23(26)29)28-25(31)35-16-15-34-14-13-33-12-11-32-10-9-27-24(30)36-17-21-19-7-5-3-4-6-8-20(19)21/h3-4,18-22H,5-17H2,1-2H3,(H2,26,29)(H,27,30)(H,28,31)/t19-,20+,21?,22-/m0/s1. The highest BCUT2D eigenvalue weighted by Crippen LogP contribution is 2.52. The van der Waals surface area contributed by atoms with Crippen molar-refractivity contribution in [2.24, 2.45) is 29.4 Å². The summed E-state index contributed by atoms with van der Waals surface area (Å²) in [6, 6.07) is -0.775. The Hall–Kier alpha value is -2.37. The maximum atomic E-state index is 11.8. The number of rotatable bonds is 17. The number of primary amides is 1. The molecular weight excluding hydrogens is 470 g/mol. The monoisotopic (exact) mass is 513 g/mol. The fourth-order valence-corrected chi connectivity index (χ4v) is 4.36. The van der Waals surface area contributed by atoms with Crippen molar-refractivity contribution in [3.05, 3.63) is 12.2 Å². The quantitative estimate of drug-likeness (QED) is 0.198. The van der Waals surface area contributed by atoms with Gasteiger partial charge in [0.05, 0.1) is 46.2 Å². The molecule has 4 atom stereocenters. The van der Waals surface area contributed by atoms with Crippen LogP contribution >= 0.6 is 0 Å². The van der Waals surface area contributed by atoms with Gasteiger partial charge in [0.25, 0.3) is 0 Å². The zero-order valence-electron chi connectivity index (χ0n) is 21.6. The molecule has 0 aliphatic heterocycles. The molecule has 1 saturated carbocycles. The SMILES string of the molecule is CC(C)[C@H](NC(=O)OCCOCCOCCOCCNC(=O)OCC1[C@H]2CCC=CCC[C@@H]12)C(N)=O. The summed E-state index contributed by atoms with van der Waals surface area (Å²) in [5, 5.41) is 5.14. The van der Waals surface area contributed by atoms with Crippen molar-refractivity contribution < 1.29 is 38.1 Å². The predicted molar refractivity (Wildman–Crippen MR) is 132 cm³/mol. The lowest BCUT2D eigenvalue weighted by Crippen LogP contribution is -2.48. The number of amides is 3. The van der Waals surface area contributed by atoms with Crippen LogP contribution in [0.1, 0.15) is 39.5 Å². The van der Waals surface area contributed by atoms with Gasteiger partial charge in [-0.05, 0) is 49.4 Å². The van der Waals surface area contributed by atoms with E-state index in [9.17, 15) is 14.4 Å². The van der Waals surface area contributed by atoms with E-state index in [0.29, 0.717) is 63.9 Å². The van der Waals surface area contributed by atoms with E-state index in [0.717, 1.165) is 12.8 Å². The first-order valence-corrected chi connectivity index (χ1v) is 12.9. The van der Waals surface area contributed by atoms with Crippen LogP contribution < -0.4 is 16.4 Å². The summed E-state index contributed by atoms with van der Waals surface area (Å²) >= 11 is 0. The van der Waals surface area contributed by atoms with E-state index in [1.807, 2.05) is 0 Å². The summed E-state index contributed by atoms with van der Waals surface area (Å²) in [6.07, 6.45) is 8.08. The van der Waals surface area contributed by atoms with Gasteiger partial charge >= 0.3 is 12.2 Å². The van der Waals surface area contributed by atoms with Gasteiger partial charge in [-0.15, -0.1) is 0 Å². The van der Waals surface area contributed by atoms with Crippen molar-refractivity contribution in [2.45, 2.75) is 45.6 Å². The summed E-state index contributed by atoms with van der Waals surface area (Å²) in [4.78, 5) is 34.8. The number of ether oxygens (including phenoxy) is 5. The summed E-state index contributed by atoms with van der Waals surface area (Å²) in [7, 11) is 0. The van der Waals surface area contributed by atoms with E-state index >= 15 is 0 Å². The van der Waals surface area contributed by atoms with Crippen molar-refractivity contribution >= 4 is 18.1 Å². The van der Waals surface area contributed by atoms with E-state index in [2.05, 4.69) is 22.8 Å². The van der Waals surface area contributed by atoms with Gasteiger partial charge in [-0.3, -0.25) is 4.79 Å². The highest BCUT2D eigenvalue weighted by Gasteiger charge is 2.49.